The molecule has 6 heteroatoms. The number of likely N-dealkylation sites (N-methyl/N-ethyl adjacent to an activating group) is 1. The average molecular weight is 413 g/mol. The van der Waals surface area contributed by atoms with Gasteiger partial charge >= 0.3 is 5.97 Å². The Morgan fingerprint density at radius 1 is 1.10 bits per heavy atom. The highest BCUT2D eigenvalue weighted by atomic mass is 16.5. The number of anilines is 1. The van der Waals surface area contributed by atoms with E-state index in [1.165, 1.54) is 18.2 Å². The van der Waals surface area contributed by atoms with Gasteiger partial charge in [-0.05, 0) is 56.2 Å². The lowest BCUT2D eigenvalue weighted by molar-refractivity contribution is -0.147. The van der Waals surface area contributed by atoms with Gasteiger partial charge in [-0.2, -0.15) is 0 Å². The summed E-state index contributed by atoms with van der Waals surface area (Å²) in [7, 11) is 0. The average Bonchev–Trinajstić information content (AvgIpc) is 2.72. The van der Waals surface area contributed by atoms with Crippen molar-refractivity contribution in [2.45, 2.75) is 40.2 Å². The Labute approximate surface area is 179 Å². The van der Waals surface area contributed by atoms with Crippen molar-refractivity contribution >= 4 is 17.6 Å². The van der Waals surface area contributed by atoms with Crippen molar-refractivity contribution in [1.82, 2.24) is 5.32 Å². The number of nitrogens with one attached hydrogen (secondary N) is 1. The lowest BCUT2D eigenvalue weighted by Gasteiger charge is -2.23. The van der Waals surface area contributed by atoms with Crippen LogP contribution in [-0.2, 0) is 20.7 Å². The fourth-order valence-corrected chi connectivity index (χ4v) is 3.21. The van der Waals surface area contributed by atoms with Crippen LogP contribution < -0.4 is 15.0 Å². The lowest BCUT2D eigenvalue weighted by atomic mass is 10.1. The van der Waals surface area contributed by atoms with Crippen molar-refractivity contribution in [2.24, 2.45) is 0 Å². The van der Waals surface area contributed by atoms with Gasteiger partial charge in [0, 0.05) is 25.6 Å². The minimum atomic E-state index is -0.693. The standard InChI is InChI=1S/C24H32N2O4/c1-5-26(21-9-7-8-18(3)16-21)14-15-30-22-12-10-20(11-13-22)17-23(25-19(4)27)24(28)29-6-2/h7-13,16,23H,5-6,14-15,17H2,1-4H3,(H,25,27)/t23-/m0/s1. The summed E-state index contributed by atoms with van der Waals surface area (Å²) in [6.07, 6.45) is 0.371. The highest BCUT2D eigenvalue weighted by molar-refractivity contribution is 5.83. The molecule has 0 radical (unpaired) electrons. The number of nitrogens with zero attached hydrogens (tertiary/aromatic N) is 1. The van der Waals surface area contributed by atoms with Crippen molar-refractivity contribution in [3.63, 3.8) is 0 Å². The second-order valence-corrected chi connectivity index (χ2v) is 7.12. The molecule has 0 aromatic heterocycles. The molecule has 1 N–H and O–H groups in total. The van der Waals surface area contributed by atoms with Crippen LogP contribution >= 0.6 is 0 Å². The highest BCUT2D eigenvalue weighted by Gasteiger charge is 2.21. The molecule has 0 aliphatic rings. The Kier molecular flexibility index (Phi) is 9.19. The smallest absolute Gasteiger partial charge is 0.328 e. The first-order valence-corrected chi connectivity index (χ1v) is 10.4. The summed E-state index contributed by atoms with van der Waals surface area (Å²) in [5.41, 5.74) is 3.35. The molecule has 1 atom stereocenters. The highest BCUT2D eigenvalue weighted by Crippen LogP contribution is 2.17. The monoisotopic (exact) mass is 412 g/mol. The Balaban J connectivity index is 1.90. The van der Waals surface area contributed by atoms with Crippen LogP contribution in [-0.4, -0.2) is 44.2 Å². The summed E-state index contributed by atoms with van der Waals surface area (Å²) in [5.74, 6) is 0.0807. The second-order valence-electron chi connectivity index (χ2n) is 7.12. The topological polar surface area (TPSA) is 67.9 Å². The van der Waals surface area contributed by atoms with Gasteiger partial charge in [0.25, 0.3) is 0 Å². The molecular weight excluding hydrogens is 380 g/mol. The first kappa shape index (κ1) is 23.3. The normalized spacial score (nSPS) is 11.5. The van der Waals surface area contributed by atoms with Crippen LogP contribution in [0.15, 0.2) is 48.5 Å². The number of amides is 1. The molecule has 0 saturated carbocycles. The molecule has 0 aliphatic carbocycles. The number of benzene rings is 2. The Bertz CT molecular complexity index is 820. The zero-order valence-corrected chi connectivity index (χ0v) is 18.3. The summed E-state index contributed by atoms with van der Waals surface area (Å²) >= 11 is 0. The first-order valence-electron chi connectivity index (χ1n) is 10.4. The summed E-state index contributed by atoms with van der Waals surface area (Å²) in [6.45, 7) is 9.89. The molecule has 6 nitrogen and oxygen atoms in total. The molecule has 2 aromatic carbocycles. The van der Waals surface area contributed by atoms with Gasteiger partial charge in [-0.15, -0.1) is 0 Å². The van der Waals surface area contributed by atoms with E-state index in [4.69, 9.17) is 9.47 Å². The molecule has 2 aromatic rings. The van der Waals surface area contributed by atoms with Gasteiger partial charge in [-0.1, -0.05) is 24.3 Å². The second kappa shape index (κ2) is 11.9. The van der Waals surface area contributed by atoms with E-state index >= 15 is 0 Å². The zero-order chi connectivity index (χ0) is 21.9. The SMILES string of the molecule is CCOC(=O)[C@H](Cc1ccc(OCCN(CC)c2cccc(C)c2)cc1)NC(C)=O. The van der Waals surface area contributed by atoms with Crippen molar-refractivity contribution in [2.75, 3.05) is 31.2 Å². The molecule has 0 spiro atoms. The lowest BCUT2D eigenvalue weighted by Crippen LogP contribution is -2.42. The summed E-state index contributed by atoms with van der Waals surface area (Å²) < 4.78 is 10.9. The predicted molar refractivity (Wildman–Crippen MR) is 119 cm³/mol. The Hall–Kier alpha value is -3.02. The number of carbonyl (C=O) groups excluding carboxylic acids is 2. The number of aryl methyl sites for hydroxylation is 1. The Morgan fingerprint density at radius 2 is 1.83 bits per heavy atom. The number of esters is 1. The van der Waals surface area contributed by atoms with E-state index in [-0.39, 0.29) is 12.5 Å². The number of hydrogen-bond donors (Lipinski definition) is 1. The van der Waals surface area contributed by atoms with Crippen molar-refractivity contribution < 1.29 is 19.1 Å². The summed E-state index contributed by atoms with van der Waals surface area (Å²) in [5, 5.41) is 2.65. The molecule has 0 heterocycles. The van der Waals surface area contributed by atoms with E-state index < -0.39 is 12.0 Å². The van der Waals surface area contributed by atoms with Crippen LogP contribution in [0.2, 0.25) is 0 Å². The minimum absolute atomic E-state index is 0.262. The van der Waals surface area contributed by atoms with Crippen molar-refractivity contribution in [1.29, 1.82) is 0 Å². The van der Waals surface area contributed by atoms with Gasteiger partial charge in [-0.3, -0.25) is 4.79 Å². The van der Waals surface area contributed by atoms with E-state index in [2.05, 4.69) is 48.3 Å². The molecule has 1 amide bonds. The van der Waals surface area contributed by atoms with E-state index in [0.29, 0.717) is 13.0 Å². The van der Waals surface area contributed by atoms with Crippen LogP contribution in [0.25, 0.3) is 0 Å². The summed E-state index contributed by atoms with van der Waals surface area (Å²) in [6, 6.07) is 15.3. The molecular formula is C24H32N2O4. The molecule has 0 aliphatic heterocycles. The van der Waals surface area contributed by atoms with Crippen LogP contribution in [0, 0.1) is 6.92 Å². The van der Waals surface area contributed by atoms with Gasteiger partial charge in [0.15, 0.2) is 0 Å². The van der Waals surface area contributed by atoms with Crippen LogP contribution in [0.4, 0.5) is 5.69 Å². The largest absolute Gasteiger partial charge is 0.492 e. The number of rotatable bonds is 11. The summed E-state index contributed by atoms with van der Waals surface area (Å²) in [4.78, 5) is 25.7. The Morgan fingerprint density at radius 3 is 2.43 bits per heavy atom. The quantitative estimate of drug-likeness (QED) is 0.572. The zero-order valence-electron chi connectivity index (χ0n) is 18.3. The molecule has 0 bridgehead atoms. The van der Waals surface area contributed by atoms with E-state index in [0.717, 1.165) is 24.4 Å². The third-order valence-corrected chi connectivity index (χ3v) is 4.69. The van der Waals surface area contributed by atoms with Crippen LogP contribution in [0.3, 0.4) is 0 Å². The number of carbonyl (C=O) groups is 2. The van der Waals surface area contributed by atoms with E-state index in [1.54, 1.807) is 6.92 Å². The molecule has 0 fully saturated rings. The molecule has 30 heavy (non-hydrogen) atoms. The molecule has 162 valence electrons. The third kappa shape index (κ3) is 7.43. The van der Waals surface area contributed by atoms with Crippen molar-refractivity contribution in [3.8, 4) is 5.75 Å². The predicted octanol–water partition coefficient (Wildman–Crippen LogP) is 3.51. The van der Waals surface area contributed by atoms with Crippen LogP contribution in [0.5, 0.6) is 5.75 Å². The fourth-order valence-electron chi connectivity index (χ4n) is 3.21. The molecule has 0 saturated heterocycles. The number of ether oxygens (including phenoxy) is 2. The maximum absolute atomic E-state index is 12.1. The molecule has 0 unspecified atom stereocenters. The van der Waals surface area contributed by atoms with E-state index in [9.17, 15) is 9.59 Å². The maximum atomic E-state index is 12.1. The van der Waals surface area contributed by atoms with Crippen LogP contribution in [0.1, 0.15) is 31.9 Å². The third-order valence-electron chi connectivity index (χ3n) is 4.69. The number of hydrogen-bond acceptors (Lipinski definition) is 5. The van der Waals surface area contributed by atoms with Gasteiger partial charge in [-0.25, -0.2) is 4.79 Å². The van der Waals surface area contributed by atoms with Gasteiger partial charge in [0.1, 0.15) is 18.4 Å². The maximum Gasteiger partial charge on any atom is 0.328 e. The fraction of sp³-hybridized carbons (Fsp3) is 0.417. The van der Waals surface area contributed by atoms with Gasteiger partial charge < -0.3 is 19.7 Å². The molecule has 2 rings (SSSR count). The first-order chi connectivity index (χ1) is 14.4. The van der Waals surface area contributed by atoms with Gasteiger partial charge in [0.05, 0.1) is 13.2 Å². The minimum Gasteiger partial charge on any atom is -0.492 e. The van der Waals surface area contributed by atoms with Gasteiger partial charge in [0.2, 0.25) is 5.91 Å². The van der Waals surface area contributed by atoms with Crippen molar-refractivity contribution in [3.05, 3.63) is 59.7 Å². The van der Waals surface area contributed by atoms with E-state index in [1.807, 2.05) is 24.3 Å².